The molecular formula is C25H16Br2O. The lowest BCUT2D eigenvalue weighted by Gasteiger charge is -2.22. The molecule has 0 fully saturated rings. The van der Waals surface area contributed by atoms with Gasteiger partial charge in [0.1, 0.15) is 11.2 Å². The first-order valence-corrected chi connectivity index (χ1v) is 10.9. The summed E-state index contributed by atoms with van der Waals surface area (Å²) in [6.45, 7) is 4.66. The predicted molar refractivity (Wildman–Crippen MR) is 124 cm³/mol. The summed E-state index contributed by atoms with van der Waals surface area (Å²) < 4.78 is 8.36. The van der Waals surface area contributed by atoms with Crippen molar-refractivity contribution in [3.05, 3.63) is 80.7 Å². The van der Waals surface area contributed by atoms with Gasteiger partial charge in [0.05, 0.1) is 0 Å². The molecule has 0 atom stereocenters. The van der Waals surface area contributed by atoms with Gasteiger partial charge in [-0.15, -0.1) is 0 Å². The third-order valence-electron chi connectivity index (χ3n) is 6.13. The zero-order valence-electron chi connectivity index (χ0n) is 15.4. The van der Waals surface area contributed by atoms with Gasteiger partial charge < -0.3 is 4.42 Å². The molecular weight excluding hydrogens is 476 g/mol. The van der Waals surface area contributed by atoms with E-state index in [2.05, 4.69) is 106 Å². The summed E-state index contributed by atoms with van der Waals surface area (Å²) in [5, 5.41) is 4.97. The third-order valence-corrected chi connectivity index (χ3v) is 7.11. The van der Waals surface area contributed by atoms with Gasteiger partial charge in [-0.1, -0.05) is 57.8 Å². The highest BCUT2D eigenvalue weighted by atomic mass is 79.9. The van der Waals surface area contributed by atoms with Crippen LogP contribution in [-0.4, -0.2) is 0 Å². The zero-order valence-corrected chi connectivity index (χ0v) is 18.6. The number of rotatable bonds is 0. The fraction of sp³-hybridized carbons (Fsp3) is 0.120. The van der Waals surface area contributed by atoms with Crippen molar-refractivity contribution in [3.63, 3.8) is 0 Å². The van der Waals surface area contributed by atoms with Crippen molar-refractivity contribution in [1.29, 1.82) is 0 Å². The van der Waals surface area contributed by atoms with Gasteiger partial charge in [0.25, 0.3) is 0 Å². The Morgan fingerprint density at radius 1 is 0.714 bits per heavy atom. The van der Waals surface area contributed by atoms with Crippen LogP contribution in [0.2, 0.25) is 0 Å². The maximum absolute atomic E-state index is 6.21. The molecule has 0 saturated carbocycles. The van der Waals surface area contributed by atoms with Gasteiger partial charge in [-0.3, -0.25) is 0 Å². The minimum atomic E-state index is -0.0927. The van der Waals surface area contributed by atoms with Crippen molar-refractivity contribution in [3.8, 4) is 11.1 Å². The highest BCUT2D eigenvalue weighted by molar-refractivity contribution is 9.10. The number of hydrogen-bond acceptors (Lipinski definition) is 1. The fourth-order valence-electron chi connectivity index (χ4n) is 4.86. The van der Waals surface area contributed by atoms with E-state index in [1.807, 2.05) is 0 Å². The highest BCUT2D eigenvalue weighted by Crippen LogP contribution is 2.53. The van der Waals surface area contributed by atoms with E-state index in [0.717, 1.165) is 20.1 Å². The van der Waals surface area contributed by atoms with Crippen molar-refractivity contribution < 1.29 is 4.42 Å². The summed E-state index contributed by atoms with van der Waals surface area (Å²) in [5.41, 5.74) is 7.21. The van der Waals surface area contributed by atoms with Crippen molar-refractivity contribution in [2.24, 2.45) is 0 Å². The van der Waals surface area contributed by atoms with Gasteiger partial charge in [0.2, 0.25) is 0 Å². The molecule has 28 heavy (non-hydrogen) atoms. The van der Waals surface area contributed by atoms with Gasteiger partial charge in [-0.25, -0.2) is 0 Å². The second-order valence-corrected chi connectivity index (χ2v) is 9.95. The van der Waals surface area contributed by atoms with Crippen LogP contribution in [0.4, 0.5) is 0 Å². The molecule has 1 heterocycles. The van der Waals surface area contributed by atoms with Gasteiger partial charge in [-0.2, -0.15) is 0 Å². The first-order chi connectivity index (χ1) is 13.4. The standard InChI is InChI=1S/C25H16Br2O/c1-25(2)20-11-14-9-15(26)4-3-13(14)10-19(20)17-7-8-21-23(24(17)25)18-6-5-16(27)12-22(18)28-21/h3-12H,1-2H3. The van der Waals surface area contributed by atoms with Crippen molar-refractivity contribution >= 4 is 64.6 Å². The summed E-state index contributed by atoms with van der Waals surface area (Å²) >= 11 is 7.18. The molecule has 0 saturated heterocycles. The molecule has 0 N–H and O–H groups in total. The summed E-state index contributed by atoms with van der Waals surface area (Å²) in [6.07, 6.45) is 0. The number of benzene rings is 4. The third kappa shape index (κ3) is 2.12. The maximum atomic E-state index is 6.21. The van der Waals surface area contributed by atoms with Crippen LogP contribution in [-0.2, 0) is 5.41 Å². The number of hydrogen-bond donors (Lipinski definition) is 0. The van der Waals surface area contributed by atoms with Crippen LogP contribution in [0.25, 0.3) is 43.8 Å². The Kier molecular flexibility index (Phi) is 3.30. The van der Waals surface area contributed by atoms with E-state index in [4.69, 9.17) is 4.42 Å². The molecule has 3 heteroatoms. The van der Waals surface area contributed by atoms with Crippen LogP contribution >= 0.6 is 31.9 Å². The average molecular weight is 492 g/mol. The quantitative estimate of drug-likeness (QED) is 0.211. The van der Waals surface area contributed by atoms with Crippen molar-refractivity contribution in [2.75, 3.05) is 0 Å². The Morgan fingerprint density at radius 2 is 1.50 bits per heavy atom. The molecule has 0 bridgehead atoms. The van der Waals surface area contributed by atoms with Gasteiger partial charge in [-0.05, 0) is 81.6 Å². The number of halogens is 2. The Balaban J connectivity index is 1.76. The Morgan fingerprint density at radius 3 is 2.36 bits per heavy atom. The summed E-state index contributed by atoms with van der Waals surface area (Å²) in [6, 6.07) is 21.9. The molecule has 6 rings (SSSR count). The van der Waals surface area contributed by atoms with Crippen molar-refractivity contribution in [1.82, 2.24) is 0 Å². The minimum absolute atomic E-state index is 0.0927. The zero-order chi connectivity index (χ0) is 19.2. The van der Waals surface area contributed by atoms with Crippen molar-refractivity contribution in [2.45, 2.75) is 19.3 Å². The van der Waals surface area contributed by atoms with Gasteiger partial charge in [0.15, 0.2) is 0 Å². The molecule has 5 aromatic rings. The smallest absolute Gasteiger partial charge is 0.136 e. The monoisotopic (exact) mass is 490 g/mol. The van der Waals surface area contributed by atoms with Crippen LogP contribution in [0, 0.1) is 0 Å². The topological polar surface area (TPSA) is 13.1 Å². The molecule has 0 spiro atoms. The molecule has 1 aliphatic carbocycles. The van der Waals surface area contributed by atoms with E-state index in [-0.39, 0.29) is 5.41 Å². The van der Waals surface area contributed by atoms with Crippen LogP contribution in [0.3, 0.4) is 0 Å². The molecule has 4 aromatic carbocycles. The van der Waals surface area contributed by atoms with E-state index in [1.165, 1.54) is 43.8 Å². The molecule has 0 amide bonds. The molecule has 1 aromatic heterocycles. The minimum Gasteiger partial charge on any atom is -0.456 e. The number of fused-ring (bicyclic) bond motifs is 8. The van der Waals surface area contributed by atoms with Crippen LogP contribution in [0.1, 0.15) is 25.0 Å². The largest absolute Gasteiger partial charge is 0.456 e. The molecule has 1 nitrogen and oxygen atoms in total. The van der Waals surface area contributed by atoms with E-state index in [0.29, 0.717) is 0 Å². The summed E-state index contributed by atoms with van der Waals surface area (Å²) in [5.74, 6) is 0. The van der Waals surface area contributed by atoms with E-state index >= 15 is 0 Å². The fourth-order valence-corrected chi connectivity index (χ4v) is 5.58. The SMILES string of the molecule is CC1(C)c2cc3cc(Br)ccc3cc2-c2ccc3oc4cc(Br)ccc4c3c21. The maximum Gasteiger partial charge on any atom is 0.136 e. The number of furan rings is 1. The van der Waals surface area contributed by atoms with E-state index in [9.17, 15) is 0 Å². The lowest BCUT2D eigenvalue weighted by atomic mass is 9.80. The van der Waals surface area contributed by atoms with Crippen LogP contribution < -0.4 is 0 Å². The Labute approximate surface area is 179 Å². The lowest BCUT2D eigenvalue weighted by molar-refractivity contribution is 0.657. The molecule has 0 radical (unpaired) electrons. The van der Waals surface area contributed by atoms with E-state index < -0.39 is 0 Å². The predicted octanol–water partition coefficient (Wildman–Crippen LogP) is 8.57. The normalized spacial score (nSPS) is 14.7. The van der Waals surface area contributed by atoms with Gasteiger partial charge in [0, 0.05) is 25.1 Å². The second-order valence-electron chi connectivity index (χ2n) is 8.12. The molecule has 1 aliphatic rings. The van der Waals surface area contributed by atoms with Gasteiger partial charge >= 0.3 is 0 Å². The lowest BCUT2D eigenvalue weighted by Crippen LogP contribution is -2.15. The van der Waals surface area contributed by atoms with Crippen LogP contribution in [0.15, 0.2) is 74.0 Å². The van der Waals surface area contributed by atoms with E-state index in [1.54, 1.807) is 0 Å². The molecule has 0 unspecified atom stereocenters. The first-order valence-electron chi connectivity index (χ1n) is 9.33. The Hall–Kier alpha value is -2.10. The highest BCUT2D eigenvalue weighted by Gasteiger charge is 2.38. The molecule has 0 aliphatic heterocycles. The average Bonchev–Trinajstić information content (AvgIpc) is 3.12. The summed E-state index contributed by atoms with van der Waals surface area (Å²) in [7, 11) is 0. The van der Waals surface area contributed by atoms with Crippen LogP contribution in [0.5, 0.6) is 0 Å². The summed E-state index contributed by atoms with van der Waals surface area (Å²) in [4.78, 5) is 0. The Bertz CT molecular complexity index is 1460. The first kappa shape index (κ1) is 16.8. The second kappa shape index (κ2) is 5.49. The molecule has 136 valence electrons.